The van der Waals surface area contributed by atoms with Crippen LogP contribution in [-0.4, -0.2) is 26.4 Å². The third-order valence-corrected chi connectivity index (χ3v) is 6.49. The lowest BCUT2D eigenvalue weighted by Crippen LogP contribution is -2.16. The van der Waals surface area contributed by atoms with Crippen molar-refractivity contribution < 1.29 is 9.53 Å². The van der Waals surface area contributed by atoms with Gasteiger partial charge in [0.25, 0.3) is 0 Å². The molecule has 0 saturated heterocycles. The lowest BCUT2D eigenvalue weighted by atomic mass is 10.1. The molecule has 0 unspecified atom stereocenters. The molecule has 3 aromatic rings. The maximum absolute atomic E-state index is 12.6. The van der Waals surface area contributed by atoms with E-state index in [1.807, 2.05) is 30.5 Å². The first-order valence-corrected chi connectivity index (χ1v) is 12.4. The highest BCUT2D eigenvalue weighted by atomic mass is 127. The fourth-order valence-electron chi connectivity index (χ4n) is 3.23. The molecule has 32 heavy (non-hydrogen) atoms. The Morgan fingerprint density at radius 1 is 1.22 bits per heavy atom. The number of amides is 1. The number of carbonyl (C=O) groups is 1. The quantitative estimate of drug-likeness (QED) is 0.199. The molecule has 1 heterocycles. The number of hydrogen-bond acceptors (Lipinski definition) is 5. The van der Waals surface area contributed by atoms with Crippen LogP contribution in [0.4, 0.5) is 5.69 Å². The topological polar surface area (TPSA) is 69.0 Å². The van der Waals surface area contributed by atoms with Gasteiger partial charge in [0.05, 0.1) is 5.75 Å². The minimum atomic E-state index is -0.0793. The Balaban J connectivity index is 1.63. The number of hydrogen-bond donors (Lipinski definition) is 1. The highest BCUT2D eigenvalue weighted by Crippen LogP contribution is 2.24. The van der Waals surface area contributed by atoms with Gasteiger partial charge in [-0.15, -0.1) is 16.8 Å². The molecule has 0 aliphatic heterocycles. The van der Waals surface area contributed by atoms with Gasteiger partial charge in [-0.3, -0.25) is 9.36 Å². The SMILES string of the molecule is C=CCn1c(COc2ccc(CC)cc2)nnc1SCC(=O)Nc1c(C)cc(I)cc1C. The highest BCUT2D eigenvalue weighted by molar-refractivity contribution is 14.1. The summed E-state index contributed by atoms with van der Waals surface area (Å²) in [6.07, 6.45) is 2.77. The lowest BCUT2D eigenvalue weighted by molar-refractivity contribution is -0.113. The molecule has 0 aliphatic rings. The summed E-state index contributed by atoms with van der Waals surface area (Å²) in [6.45, 7) is 10.8. The van der Waals surface area contributed by atoms with Crippen molar-refractivity contribution in [2.24, 2.45) is 0 Å². The van der Waals surface area contributed by atoms with Crippen LogP contribution in [0.1, 0.15) is 29.4 Å². The number of ether oxygens (including phenoxy) is 1. The van der Waals surface area contributed by atoms with Gasteiger partial charge in [-0.05, 0) is 83.8 Å². The zero-order chi connectivity index (χ0) is 23.1. The molecule has 0 saturated carbocycles. The third kappa shape index (κ3) is 6.35. The van der Waals surface area contributed by atoms with Gasteiger partial charge in [0, 0.05) is 15.8 Å². The van der Waals surface area contributed by atoms with Crippen LogP contribution >= 0.6 is 34.4 Å². The fraction of sp³-hybridized carbons (Fsp3) is 0.292. The first-order chi connectivity index (χ1) is 15.4. The van der Waals surface area contributed by atoms with E-state index in [0.29, 0.717) is 24.1 Å². The van der Waals surface area contributed by atoms with E-state index in [-0.39, 0.29) is 11.7 Å². The van der Waals surface area contributed by atoms with Crippen LogP contribution in [0, 0.1) is 17.4 Å². The minimum Gasteiger partial charge on any atom is -0.486 e. The second-order valence-electron chi connectivity index (χ2n) is 7.34. The molecular weight excluding hydrogens is 535 g/mol. The van der Waals surface area contributed by atoms with Crippen LogP contribution in [0.25, 0.3) is 0 Å². The normalized spacial score (nSPS) is 10.8. The monoisotopic (exact) mass is 562 g/mol. The van der Waals surface area contributed by atoms with Gasteiger partial charge in [0.1, 0.15) is 12.4 Å². The third-order valence-electron chi connectivity index (χ3n) is 4.90. The zero-order valence-electron chi connectivity index (χ0n) is 18.5. The van der Waals surface area contributed by atoms with E-state index in [1.165, 1.54) is 17.3 Å². The van der Waals surface area contributed by atoms with Crippen molar-refractivity contribution in [2.75, 3.05) is 11.1 Å². The van der Waals surface area contributed by atoms with Crippen molar-refractivity contribution in [3.63, 3.8) is 0 Å². The predicted molar refractivity (Wildman–Crippen MR) is 138 cm³/mol. The summed E-state index contributed by atoms with van der Waals surface area (Å²) in [4.78, 5) is 12.6. The van der Waals surface area contributed by atoms with E-state index in [1.54, 1.807) is 6.08 Å². The first-order valence-electron chi connectivity index (χ1n) is 10.3. The molecule has 0 fully saturated rings. The summed E-state index contributed by atoms with van der Waals surface area (Å²) in [5, 5.41) is 12.2. The second kappa shape index (κ2) is 11.5. The number of halogens is 1. The van der Waals surface area contributed by atoms with Crippen LogP contribution < -0.4 is 10.1 Å². The highest BCUT2D eigenvalue weighted by Gasteiger charge is 2.15. The van der Waals surface area contributed by atoms with Crippen LogP contribution in [0.2, 0.25) is 0 Å². The Hall–Kier alpha value is -2.33. The molecule has 8 heteroatoms. The number of thioether (sulfide) groups is 1. The summed E-state index contributed by atoms with van der Waals surface area (Å²) in [7, 11) is 0. The smallest absolute Gasteiger partial charge is 0.234 e. The zero-order valence-corrected chi connectivity index (χ0v) is 21.5. The molecular formula is C24H27IN4O2S. The van der Waals surface area contributed by atoms with Crippen LogP contribution in [0.3, 0.4) is 0 Å². The standard InChI is InChI=1S/C24H27IN4O2S/c1-5-11-29-21(14-31-20-9-7-18(6-2)8-10-20)27-28-24(29)32-15-22(30)26-23-16(3)12-19(25)13-17(23)4/h5,7-10,12-13H,1,6,11,14-15H2,2-4H3,(H,26,30). The maximum atomic E-state index is 12.6. The van der Waals surface area contributed by atoms with E-state index in [4.69, 9.17) is 4.74 Å². The Kier molecular flexibility index (Phi) is 8.75. The number of rotatable bonds is 10. The minimum absolute atomic E-state index is 0.0793. The van der Waals surface area contributed by atoms with Gasteiger partial charge in [0.2, 0.25) is 5.91 Å². The number of anilines is 1. The molecule has 1 aromatic heterocycles. The van der Waals surface area contributed by atoms with Gasteiger partial charge in [-0.1, -0.05) is 36.9 Å². The van der Waals surface area contributed by atoms with Gasteiger partial charge >= 0.3 is 0 Å². The van der Waals surface area contributed by atoms with Gasteiger partial charge in [0.15, 0.2) is 11.0 Å². The van der Waals surface area contributed by atoms with Crippen LogP contribution in [0.5, 0.6) is 5.75 Å². The van der Waals surface area contributed by atoms with Crippen LogP contribution in [-0.2, 0) is 24.4 Å². The average molecular weight is 562 g/mol. The number of allylic oxidation sites excluding steroid dienone is 1. The number of nitrogens with one attached hydrogen (secondary N) is 1. The van der Waals surface area contributed by atoms with E-state index < -0.39 is 0 Å². The summed E-state index contributed by atoms with van der Waals surface area (Å²) >= 11 is 3.63. The second-order valence-corrected chi connectivity index (χ2v) is 9.52. The molecule has 1 amide bonds. The summed E-state index contributed by atoms with van der Waals surface area (Å²) in [5.74, 6) is 1.63. The molecule has 0 radical (unpaired) electrons. The molecule has 168 valence electrons. The molecule has 2 aromatic carbocycles. The summed E-state index contributed by atoms with van der Waals surface area (Å²) in [5.41, 5.74) is 4.23. The Labute approximate surface area is 207 Å². The molecule has 3 rings (SSSR count). The lowest BCUT2D eigenvalue weighted by Gasteiger charge is -2.12. The van der Waals surface area contributed by atoms with Gasteiger partial charge in [-0.25, -0.2) is 0 Å². The number of aryl methyl sites for hydroxylation is 3. The van der Waals surface area contributed by atoms with Crippen molar-refractivity contribution in [1.29, 1.82) is 0 Å². The first kappa shape index (κ1) is 24.3. The maximum Gasteiger partial charge on any atom is 0.234 e. The van der Waals surface area contributed by atoms with Gasteiger partial charge < -0.3 is 10.1 Å². The number of carbonyl (C=O) groups excluding carboxylic acids is 1. The summed E-state index contributed by atoms with van der Waals surface area (Å²) < 4.78 is 8.96. The Morgan fingerprint density at radius 3 is 2.53 bits per heavy atom. The molecule has 0 spiro atoms. The Bertz CT molecular complexity index is 1070. The van der Waals surface area contributed by atoms with E-state index >= 15 is 0 Å². The molecule has 6 nitrogen and oxygen atoms in total. The van der Waals surface area contributed by atoms with Crippen LogP contribution in [0.15, 0.2) is 54.2 Å². The number of aromatic nitrogens is 3. The molecule has 1 N–H and O–H groups in total. The van der Waals surface area contributed by atoms with Crippen molar-refractivity contribution in [3.8, 4) is 5.75 Å². The van der Waals surface area contributed by atoms with E-state index in [0.717, 1.165) is 32.6 Å². The molecule has 0 bridgehead atoms. The average Bonchev–Trinajstić information content (AvgIpc) is 3.15. The summed E-state index contributed by atoms with van der Waals surface area (Å²) in [6, 6.07) is 12.1. The number of benzene rings is 2. The Morgan fingerprint density at radius 2 is 1.91 bits per heavy atom. The van der Waals surface area contributed by atoms with Gasteiger partial charge in [-0.2, -0.15) is 0 Å². The largest absolute Gasteiger partial charge is 0.486 e. The van der Waals surface area contributed by atoms with Crippen molar-refractivity contribution in [2.45, 2.75) is 45.5 Å². The van der Waals surface area contributed by atoms with E-state index in [9.17, 15) is 4.79 Å². The van der Waals surface area contributed by atoms with Crippen molar-refractivity contribution in [3.05, 3.63) is 75.1 Å². The molecule has 0 atom stereocenters. The van der Waals surface area contributed by atoms with Crippen molar-refractivity contribution in [1.82, 2.24) is 14.8 Å². The van der Waals surface area contributed by atoms with E-state index in [2.05, 4.69) is 75.9 Å². The fourth-order valence-corrected chi connectivity index (χ4v) is 4.93. The van der Waals surface area contributed by atoms with Crippen molar-refractivity contribution >= 4 is 45.9 Å². The number of nitrogens with zero attached hydrogens (tertiary/aromatic N) is 3. The molecule has 0 aliphatic carbocycles. The predicted octanol–water partition coefficient (Wildman–Crippen LogP) is 5.56.